The fourth-order valence-electron chi connectivity index (χ4n) is 1.58. The molecule has 1 atom stereocenters. The first-order valence-electron chi connectivity index (χ1n) is 6.18. The lowest BCUT2D eigenvalue weighted by Crippen LogP contribution is -2.44. The van der Waals surface area contributed by atoms with Crippen molar-refractivity contribution in [3.8, 4) is 0 Å². The zero-order valence-electron chi connectivity index (χ0n) is 12.1. The first-order chi connectivity index (χ1) is 8.75. The average molecular weight is 305 g/mol. The Hall–Kier alpha value is -0.470. The van der Waals surface area contributed by atoms with Crippen molar-refractivity contribution in [3.05, 3.63) is 22.4 Å². The van der Waals surface area contributed by atoms with Gasteiger partial charge in [-0.05, 0) is 39.4 Å². The smallest absolute Gasteiger partial charge is 0.279 e. The Morgan fingerprint density at radius 1 is 1.32 bits per heavy atom. The number of nitrogens with one attached hydrogen (secondary N) is 1. The van der Waals surface area contributed by atoms with Crippen LogP contribution >= 0.6 is 11.3 Å². The number of nitrogens with zero attached hydrogens (tertiary/aromatic N) is 2. The molecule has 0 aromatic carbocycles. The van der Waals surface area contributed by atoms with Crippen LogP contribution in [0, 0.1) is 0 Å². The van der Waals surface area contributed by atoms with E-state index in [4.69, 9.17) is 0 Å². The van der Waals surface area contributed by atoms with Crippen LogP contribution in [0.2, 0.25) is 0 Å². The van der Waals surface area contributed by atoms with Crippen LogP contribution in [0.1, 0.15) is 24.8 Å². The van der Waals surface area contributed by atoms with E-state index in [1.807, 2.05) is 50.4 Å². The van der Waals surface area contributed by atoms with Crippen molar-refractivity contribution in [2.45, 2.75) is 25.9 Å². The molecule has 1 heterocycles. The number of hydrogen-bond donors (Lipinski definition) is 1. The molecule has 5 nitrogen and oxygen atoms in total. The Morgan fingerprint density at radius 2 is 1.95 bits per heavy atom. The lowest BCUT2D eigenvalue weighted by molar-refractivity contribution is 0.300. The zero-order chi connectivity index (χ0) is 14.6. The van der Waals surface area contributed by atoms with Crippen LogP contribution in [0.4, 0.5) is 0 Å². The molecular formula is C12H23N3O2S2. The van der Waals surface area contributed by atoms with Gasteiger partial charge in [-0.3, -0.25) is 0 Å². The van der Waals surface area contributed by atoms with Gasteiger partial charge in [-0.2, -0.15) is 12.7 Å². The van der Waals surface area contributed by atoms with E-state index in [2.05, 4.69) is 4.72 Å². The summed E-state index contributed by atoms with van der Waals surface area (Å²) in [6.45, 7) is 4.07. The van der Waals surface area contributed by atoms with Crippen molar-refractivity contribution in [2.75, 3.05) is 27.7 Å². The highest BCUT2D eigenvalue weighted by atomic mass is 32.2. The molecule has 1 rings (SSSR count). The van der Waals surface area contributed by atoms with Gasteiger partial charge in [0.25, 0.3) is 10.2 Å². The van der Waals surface area contributed by atoms with Gasteiger partial charge in [0.1, 0.15) is 0 Å². The van der Waals surface area contributed by atoms with Crippen molar-refractivity contribution in [1.82, 2.24) is 13.9 Å². The van der Waals surface area contributed by atoms with Gasteiger partial charge in [0.2, 0.25) is 0 Å². The second-order valence-corrected chi connectivity index (χ2v) is 7.75. The van der Waals surface area contributed by atoms with Gasteiger partial charge in [-0.25, -0.2) is 4.72 Å². The van der Waals surface area contributed by atoms with Crippen LogP contribution in [0.5, 0.6) is 0 Å². The zero-order valence-corrected chi connectivity index (χ0v) is 13.8. The average Bonchev–Trinajstić information content (AvgIpc) is 2.81. The standard InChI is InChI=1S/C12H23N3O2S2/c1-10(2)15(5)19(16,17)13-9-11(14(3)4)12-7-6-8-18-12/h6-8,10-11,13H,9H2,1-5H3. The normalized spacial score (nSPS) is 14.5. The van der Waals surface area contributed by atoms with E-state index in [0.717, 1.165) is 4.88 Å². The summed E-state index contributed by atoms with van der Waals surface area (Å²) in [6.07, 6.45) is 0. The Balaban J connectivity index is 2.73. The van der Waals surface area contributed by atoms with Gasteiger partial charge in [0, 0.05) is 24.5 Å². The maximum absolute atomic E-state index is 12.1. The van der Waals surface area contributed by atoms with Crippen LogP contribution in [-0.4, -0.2) is 51.4 Å². The Labute approximate surface area is 120 Å². The van der Waals surface area contributed by atoms with Crippen molar-refractivity contribution in [1.29, 1.82) is 0 Å². The van der Waals surface area contributed by atoms with Gasteiger partial charge < -0.3 is 4.90 Å². The summed E-state index contributed by atoms with van der Waals surface area (Å²) in [5, 5.41) is 2.00. The fourth-order valence-corrected chi connectivity index (χ4v) is 3.63. The quantitative estimate of drug-likeness (QED) is 0.831. The summed E-state index contributed by atoms with van der Waals surface area (Å²) < 4.78 is 28.2. The molecule has 7 heteroatoms. The first-order valence-corrected chi connectivity index (χ1v) is 8.50. The Morgan fingerprint density at radius 3 is 2.37 bits per heavy atom. The number of likely N-dealkylation sites (N-methyl/N-ethyl adjacent to an activating group) is 1. The second-order valence-electron chi connectivity index (χ2n) is 4.96. The van der Waals surface area contributed by atoms with Crippen molar-refractivity contribution < 1.29 is 8.42 Å². The highest BCUT2D eigenvalue weighted by Crippen LogP contribution is 2.22. The van der Waals surface area contributed by atoms with Gasteiger partial charge in [0.05, 0.1) is 6.04 Å². The van der Waals surface area contributed by atoms with E-state index in [-0.39, 0.29) is 12.1 Å². The molecule has 1 N–H and O–H groups in total. The van der Waals surface area contributed by atoms with Crippen molar-refractivity contribution in [2.24, 2.45) is 0 Å². The third kappa shape index (κ3) is 4.54. The fraction of sp³-hybridized carbons (Fsp3) is 0.667. The van der Waals surface area contributed by atoms with E-state index in [0.29, 0.717) is 6.54 Å². The molecule has 1 aromatic heterocycles. The van der Waals surface area contributed by atoms with E-state index in [1.54, 1.807) is 18.4 Å². The number of rotatable bonds is 7. The van der Waals surface area contributed by atoms with Crippen LogP contribution in [0.15, 0.2) is 17.5 Å². The molecule has 0 saturated carbocycles. The molecule has 0 spiro atoms. The van der Waals surface area contributed by atoms with E-state index in [9.17, 15) is 8.42 Å². The first kappa shape index (κ1) is 16.6. The Bertz CT molecular complexity index is 469. The number of thiophene rings is 1. The van der Waals surface area contributed by atoms with E-state index in [1.165, 1.54) is 4.31 Å². The summed E-state index contributed by atoms with van der Waals surface area (Å²) in [6, 6.07) is 3.99. The van der Waals surface area contributed by atoms with E-state index < -0.39 is 10.2 Å². The molecule has 0 amide bonds. The van der Waals surface area contributed by atoms with Gasteiger partial charge in [-0.1, -0.05) is 6.07 Å². The summed E-state index contributed by atoms with van der Waals surface area (Å²) in [5.41, 5.74) is 0. The SMILES string of the molecule is CC(C)N(C)S(=O)(=O)NCC(c1cccs1)N(C)C. The molecule has 0 aliphatic heterocycles. The predicted molar refractivity (Wildman–Crippen MR) is 80.6 cm³/mol. The summed E-state index contributed by atoms with van der Waals surface area (Å²) in [5.74, 6) is 0. The summed E-state index contributed by atoms with van der Waals surface area (Å²) in [4.78, 5) is 3.17. The Kier molecular flexibility index (Phi) is 5.94. The van der Waals surface area contributed by atoms with Crippen molar-refractivity contribution in [3.63, 3.8) is 0 Å². The van der Waals surface area contributed by atoms with Crippen molar-refractivity contribution >= 4 is 21.5 Å². The maximum atomic E-state index is 12.1. The molecule has 0 aliphatic rings. The molecule has 0 saturated heterocycles. The minimum atomic E-state index is -3.42. The van der Waals surface area contributed by atoms with Crippen LogP contribution in [0.25, 0.3) is 0 Å². The highest BCUT2D eigenvalue weighted by molar-refractivity contribution is 7.87. The topological polar surface area (TPSA) is 52.7 Å². The molecule has 1 unspecified atom stereocenters. The third-order valence-corrected chi connectivity index (χ3v) is 5.75. The molecule has 0 fully saturated rings. The molecule has 1 aromatic rings. The molecule has 110 valence electrons. The summed E-state index contributed by atoms with van der Waals surface area (Å²) >= 11 is 1.63. The molecular weight excluding hydrogens is 282 g/mol. The maximum Gasteiger partial charge on any atom is 0.279 e. The van der Waals surface area contributed by atoms with Gasteiger partial charge in [0.15, 0.2) is 0 Å². The van der Waals surface area contributed by atoms with Crippen LogP contribution in [0.3, 0.4) is 0 Å². The molecule has 0 bridgehead atoms. The lowest BCUT2D eigenvalue weighted by atomic mass is 10.2. The second kappa shape index (κ2) is 6.81. The minimum Gasteiger partial charge on any atom is -0.300 e. The molecule has 0 radical (unpaired) electrons. The summed E-state index contributed by atoms with van der Waals surface area (Å²) in [7, 11) is 2.07. The predicted octanol–water partition coefficient (Wildman–Crippen LogP) is 1.53. The third-order valence-electron chi connectivity index (χ3n) is 3.06. The minimum absolute atomic E-state index is 0.0512. The van der Waals surface area contributed by atoms with Crippen LogP contribution in [-0.2, 0) is 10.2 Å². The molecule has 19 heavy (non-hydrogen) atoms. The van der Waals surface area contributed by atoms with Gasteiger partial charge >= 0.3 is 0 Å². The molecule has 0 aliphatic carbocycles. The van der Waals surface area contributed by atoms with E-state index >= 15 is 0 Å². The largest absolute Gasteiger partial charge is 0.300 e. The lowest BCUT2D eigenvalue weighted by Gasteiger charge is -2.26. The highest BCUT2D eigenvalue weighted by Gasteiger charge is 2.23. The monoisotopic (exact) mass is 305 g/mol. The number of hydrogen-bond acceptors (Lipinski definition) is 4. The van der Waals surface area contributed by atoms with Crippen LogP contribution < -0.4 is 4.72 Å². The van der Waals surface area contributed by atoms with Gasteiger partial charge in [-0.15, -0.1) is 11.3 Å².